The summed E-state index contributed by atoms with van der Waals surface area (Å²) >= 11 is 0. The number of carbonyl (C=O) groups is 2. The Morgan fingerprint density at radius 1 is 1.21 bits per heavy atom. The highest BCUT2D eigenvalue weighted by Gasteiger charge is 2.25. The van der Waals surface area contributed by atoms with E-state index >= 15 is 0 Å². The molecule has 2 heterocycles. The molecule has 1 aliphatic heterocycles. The molecule has 1 aromatic carbocycles. The highest BCUT2D eigenvalue weighted by Crippen LogP contribution is 2.11. The van der Waals surface area contributed by atoms with E-state index in [1.807, 2.05) is 32.0 Å². The molecule has 0 radical (unpaired) electrons. The fraction of sp³-hybridized carbons (Fsp3) is 0.476. The van der Waals surface area contributed by atoms with Crippen LogP contribution in [0.2, 0.25) is 0 Å². The molecule has 0 bridgehead atoms. The van der Waals surface area contributed by atoms with Crippen LogP contribution in [-0.4, -0.2) is 66.2 Å². The molecule has 0 aliphatic carbocycles. The SMILES string of the molecule is COC(=O)c1ccc(CNC(=O)C(C)N2CCN(Cc3cc(C)on3)CC2)cc1. The van der Waals surface area contributed by atoms with E-state index in [1.54, 1.807) is 12.1 Å². The van der Waals surface area contributed by atoms with E-state index in [-0.39, 0.29) is 17.9 Å². The van der Waals surface area contributed by atoms with E-state index in [2.05, 4.69) is 25.0 Å². The average Bonchev–Trinajstić information content (AvgIpc) is 3.16. The van der Waals surface area contributed by atoms with Gasteiger partial charge in [-0.15, -0.1) is 0 Å². The zero-order chi connectivity index (χ0) is 20.8. The van der Waals surface area contributed by atoms with Crippen LogP contribution in [0.3, 0.4) is 0 Å². The third kappa shape index (κ3) is 5.65. The lowest BCUT2D eigenvalue weighted by atomic mass is 10.1. The lowest BCUT2D eigenvalue weighted by molar-refractivity contribution is -0.126. The van der Waals surface area contributed by atoms with E-state index in [0.717, 1.165) is 49.7 Å². The molecule has 1 atom stereocenters. The number of benzene rings is 1. The largest absolute Gasteiger partial charge is 0.465 e. The molecule has 2 aromatic rings. The number of ether oxygens (including phenoxy) is 1. The summed E-state index contributed by atoms with van der Waals surface area (Å²) < 4.78 is 9.81. The number of aromatic nitrogens is 1. The number of methoxy groups -OCH3 is 1. The van der Waals surface area contributed by atoms with Crippen LogP contribution in [-0.2, 0) is 22.6 Å². The van der Waals surface area contributed by atoms with Gasteiger partial charge in [-0.25, -0.2) is 4.79 Å². The number of nitrogens with one attached hydrogen (secondary N) is 1. The van der Waals surface area contributed by atoms with Gasteiger partial charge < -0.3 is 14.6 Å². The van der Waals surface area contributed by atoms with E-state index in [0.29, 0.717) is 12.1 Å². The molecule has 3 rings (SSSR count). The number of hydrogen-bond donors (Lipinski definition) is 1. The van der Waals surface area contributed by atoms with E-state index in [4.69, 9.17) is 4.52 Å². The van der Waals surface area contributed by atoms with E-state index in [9.17, 15) is 9.59 Å². The lowest BCUT2D eigenvalue weighted by Crippen LogP contribution is -2.53. The topological polar surface area (TPSA) is 87.9 Å². The van der Waals surface area contributed by atoms with Crippen LogP contribution >= 0.6 is 0 Å². The average molecular weight is 400 g/mol. The van der Waals surface area contributed by atoms with Crippen molar-refractivity contribution in [2.45, 2.75) is 33.0 Å². The van der Waals surface area contributed by atoms with Gasteiger partial charge in [0.25, 0.3) is 0 Å². The Morgan fingerprint density at radius 3 is 2.48 bits per heavy atom. The number of carbonyl (C=O) groups excluding carboxylic acids is 2. The Morgan fingerprint density at radius 2 is 1.90 bits per heavy atom. The number of amides is 1. The van der Waals surface area contributed by atoms with Gasteiger partial charge in [-0.05, 0) is 31.5 Å². The fourth-order valence-corrected chi connectivity index (χ4v) is 3.41. The molecular weight excluding hydrogens is 372 g/mol. The summed E-state index contributed by atoms with van der Waals surface area (Å²) in [4.78, 5) is 28.5. The van der Waals surface area contributed by atoms with Crippen molar-refractivity contribution < 1.29 is 18.8 Å². The molecule has 1 unspecified atom stereocenters. The van der Waals surface area contributed by atoms with E-state index in [1.165, 1.54) is 7.11 Å². The van der Waals surface area contributed by atoms with Crippen LogP contribution in [0.15, 0.2) is 34.9 Å². The summed E-state index contributed by atoms with van der Waals surface area (Å²) in [7, 11) is 1.35. The minimum Gasteiger partial charge on any atom is -0.465 e. The van der Waals surface area contributed by atoms with Gasteiger partial charge in [0.2, 0.25) is 5.91 Å². The van der Waals surface area contributed by atoms with Gasteiger partial charge in [0, 0.05) is 45.3 Å². The highest BCUT2D eigenvalue weighted by molar-refractivity contribution is 5.89. The maximum atomic E-state index is 12.5. The van der Waals surface area contributed by atoms with Crippen LogP contribution in [0, 0.1) is 6.92 Å². The fourth-order valence-electron chi connectivity index (χ4n) is 3.41. The number of hydrogen-bond acceptors (Lipinski definition) is 7. The molecule has 8 nitrogen and oxygen atoms in total. The molecule has 1 saturated heterocycles. The summed E-state index contributed by atoms with van der Waals surface area (Å²) in [5, 5.41) is 7.02. The maximum absolute atomic E-state index is 12.5. The lowest BCUT2D eigenvalue weighted by Gasteiger charge is -2.37. The van der Waals surface area contributed by atoms with Crippen molar-refractivity contribution in [2.75, 3.05) is 33.3 Å². The van der Waals surface area contributed by atoms with Crippen LogP contribution in [0.25, 0.3) is 0 Å². The standard InChI is InChI=1S/C21H28N4O4/c1-15-12-19(23-29-15)14-24-8-10-25(11-9-24)16(2)20(26)22-13-17-4-6-18(7-5-17)21(27)28-3/h4-7,12,16H,8-11,13-14H2,1-3H3,(H,22,26). The molecular formula is C21H28N4O4. The van der Waals surface area contributed by atoms with Gasteiger partial charge in [0.05, 0.1) is 24.4 Å². The Kier molecular flexibility index (Phi) is 7.00. The molecule has 1 aromatic heterocycles. The van der Waals surface area contributed by atoms with Crippen molar-refractivity contribution in [2.24, 2.45) is 0 Å². The number of esters is 1. The Hall–Kier alpha value is -2.71. The molecule has 1 fully saturated rings. The summed E-state index contributed by atoms with van der Waals surface area (Å²) in [6.45, 7) is 8.47. The third-order valence-corrected chi connectivity index (χ3v) is 5.24. The van der Waals surface area contributed by atoms with Gasteiger partial charge >= 0.3 is 5.97 Å². The Balaban J connectivity index is 1.42. The van der Waals surface area contributed by atoms with Crippen LogP contribution in [0.5, 0.6) is 0 Å². The van der Waals surface area contributed by atoms with Crippen LogP contribution in [0.1, 0.15) is 34.3 Å². The first-order valence-corrected chi connectivity index (χ1v) is 9.80. The van der Waals surface area contributed by atoms with Crippen molar-refractivity contribution in [3.05, 3.63) is 52.9 Å². The minimum atomic E-state index is -0.368. The second kappa shape index (κ2) is 9.67. The van der Waals surface area contributed by atoms with Crippen molar-refractivity contribution in [3.63, 3.8) is 0 Å². The Labute approximate surface area is 170 Å². The van der Waals surface area contributed by atoms with Gasteiger partial charge in [-0.2, -0.15) is 0 Å². The summed E-state index contributed by atoms with van der Waals surface area (Å²) in [6.07, 6.45) is 0. The quantitative estimate of drug-likeness (QED) is 0.706. The molecule has 8 heteroatoms. The Bertz CT molecular complexity index is 825. The number of aryl methyl sites for hydroxylation is 1. The van der Waals surface area contributed by atoms with Gasteiger partial charge in [-0.3, -0.25) is 14.6 Å². The zero-order valence-corrected chi connectivity index (χ0v) is 17.2. The number of rotatable bonds is 7. The van der Waals surface area contributed by atoms with Crippen molar-refractivity contribution in [1.29, 1.82) is 0 Å². The van der Waals surface area contributed by atoms with E-state index < -0.39 is 0 Å². The maximum Gasteiger partial charge on any atom is 0.337 e. The summed E-state index contributed by atoms with van der Waals surface area (Å²) in [5.41, 5.74) is 2.38. The molecule has 29 heavy (non-hydrogen) atoms. The second-order valence-corrected chi connectivity index (χ2v) is 7.32. The van der Waals surface area contributed by atoms with Crippen molar-refractivity contribution in [1.82, 2.24) is 20.3 Å². The van der Waals surface area contributed by atoms with Crippen molar-refractivity contribution in [3.8, 4) is 0 Å². The zero-order valence-electron chi connectivity index (χ0n) is 17.2. The summed E-state index contributed by atoms with van der Waals surface area (Å²) in [5.74, 6) is 0.457. The summed E-state index contributed by atoms with van der Waals surface area (Å²) in [6, 6.07) is 8.81. The molecule has 1 N–H and O–H groups in total. The van der Waals surface area contributed by atoms with Gasteiger partial charge in [-0.1, -0.05) is 17.3 Å². The smallest absolute Gasteiger partial charge is 0.337 e. The first-order chi connectivity index (χ1) is 14.0. The molecule has 0 spiro atoms. The van der Waals surface area contributed by atoms with Gasteiger partial charge in [0.1, 0.15) is 5.76 Å². The minimum absolute atomic E-state index is 0.00243. The monoisotopic (exact) mass is 400 g/mol. The second-order valence-electron chi connectivity index (χ2n) is 7.32. The normalized spacial score (nSPS) is 16.4. The van der Waals surface area contributed by atoms with Crippen LogP contribution < -0.4 is 5.32 Å². The van der Waals surface area contributed by atoms with Gasteiger partial charge in [0.15, 0.2) is 0 Å². The number of piperazine rings is 1. The predicted molar refractivity (Wildman–Crippen MR) is 107 cm³/mol. The molecule has 1 amide bonds. The molecule has 1 aliphatic rings. The molecule has 156 valence electrons. The predicted octanol–water partition coefficient (Wildman–Crippen LogP) is 1.59. The highest BCUT2D eigenvalue weighted by atomic mass is 16.5. The first-order valence-electron chi connectivity index (χ1n) is 9.80. The van der Waals surface area contributed by atoms with Crippen molar-refractivity contribution >= 4 is 11.9 Å². The third-order valence-electron chi connectivity index (χ3n) is 5.24. The number of nitrogens with zero attached hydrogens (tertiary/aromatic N) is 3. The first kappa shape index (κ1) is 21.0. The molecule has 0 saturated carbocycles. The van der Waals surface area contributed by atoms with Crippen LogP contribution in [0.4, 0.5) is 0 Å².